The van der Waals surface area contributed by atoms with E-state index in [1.807, 2.05) is 14.2 Å². The van der Waals surface area contributed by atoms with Crippen LogP contribution in [0.1, 0.15) is 52.4 Å². The zero-order valence-corrected chi connectivity index (χ0v) is 18.4. The first-order chi connectivity index (χ1) is 13.6. The van der Waals surface area contributed by atoms with E-state index in [0.29, 0.717) is 36.4 Å². The third-order valence-electron chi connectivity index (χ3n) is 7.98. The summed E-state index contributed by atoms with van der Waals surface area (Å²) in [6.45, 7) is 9.33. The first-order valence-electron chi connectivity index (χ1n) is 11.6. The molecule has 4 aliphatic rings. The zero-order chi connectivity index (χ0) is 19.7. The fraction of sp³-hybridized carbons (Fsp3) is 1.00. The highest BCUT2D eigenvalue weighted by Crippen LogP contribution is 2.35. The van der Waals surface area contributed by atoms with Crippen LogP contribution in [0.5, 0.6) is 0 Å². The standard InChI is InChI=1S/C22H42N4O2/c1-15-11-23-13-17(25(15)19-7-21(8-19)27-3)5-6-18-14-24-12-16(2)26(18)20-9-22(10-20)28-4/h15-24H,5-14H2,1-4H3/t15-,16+,17-,18+,19?,20?,21?,22?. The zero-order valence-electron chi connectivity index (χ0n) is 18.4. The lowest BCUT2D eigenvalue weighted by molar-refractivity contribution is -0.0744. The number of hydrogen-bond acceptors (Lipinski definition) is 6. The lowest BCUT2D eigenvalue weighted by Crippen LogP contribution is -2.65. The van der Waals surface area contributed by atoms with Crippen LogP contribution >= 0.6 is 0 Å². The molecule has 28 heavy (non-hydrogen) atoms. The first kappa shape index (κ1) is 21.0. The summed E-state index contributed by atoms with van der Waals surface area (Å²) in [6, 6.07) is 4.05. The summed E-state index contributed by atoms with van der Waals surface area (Å²) in [6.07, 6.45) is 8.41. The number of methoxy groups -OCH3 is 2. The Balaban J connectivity index is 1.34. The van der Waals surface area contributed by atoms with E-state index in [1.54, 1.807) is 0 Å². The molecule has 4 rings (SSSR count). The maximum Gasteiger partial charge on any atom is 0.0601 e. The molecule has 162 valence electrons. The first-order valence-corrected chi connectivity index (χ1v) is 11.6. The predicted octanol–water partition coefficient (Wildman–Crippen LogP) is 1.45. The van der Waals surface area contributed by atoms with Crippen LogP contribution in [0.25, 0.3) is 0 Å². The van der Waals surface area contributed by atoms with Crippen molar-refractivity contribution < 1.29 is 9.47 Å². The van der Waals surface area contributed by atoms with Crippen LogP contribution in [0.2, 0.25) is 0 Å². The van der Waals surface area contributed by atoms with E-state index in [2.05, 4.69) is 34.3 Å². The highest BCUT2D eigenvalue weighted by atomic mass is 16.5. The third kappa shape index (κ3) is 4.28. The summed E-state index contributed by atoms with van der Waals surface area (Å²) in [5.41, 5.74) is 0. The molecule has 4 atom stereocenters. The van der Waals surface area contributed by atoms with Crippen LogP contribution in [-0.4, -0.2) is 98.7 Å². The van der Waals surface area contributed by atoms with Crippen LogP contribution in [0.15, 0.2) is 0 Å². The van der Waals surface area contributed by atoms with Gasteiger partial charge in [0.25, 0.3) is 0 Å². The van der Waals surface area contributed by atoms with E-state index in [-0.39, 0.29) is 0 Å². The van der Waals surface area contributed by atoms with Gasteiger partial charge in [0.15, 0.2) is 0 Å². The van der Waals surface area contributed by atoms with Crippen LogP contribution in [0.3, 0.4) is 0 Å². The summed E-state index contributed by atoms with van der Waals surface area (Å²) < 4.78 is 11.1. The molecule has 2 aliphatic carbocycles. The molecule has 2 aliphatic heterocycles. The second-order valence-electron chi connectivity index (χ2n) is 9.76. The van der Waals surface area contributed by atoms with Gasteiger partial charge in [0, 0.05) is 76.6 Å². The fourth-order valence-corrected chi connectivity index (χ4v) is 6.21. The highest BCUT2D eigenvalue weighted by molar-refractivity contribution is 4.99. The summed E-state index contributed by atoms with van der Waals surface area (Å²) in [7, 11) is 3.72. The van der Waals surface area contributed by atoms with Crippen molar-refractivity contribution in [1.29, 1.82) is 0 Å². The van der Waals surface area contributed by atoms with Crippen molar-refractivity contribution in [2.45, 2.75) is 101 Å². The minimum Gasteiger partial charge on any atom is -0.381 e. The van der Waals surface area contributed by atoms with Gasteiger partial charge in [-0.05, 0) is 52.4 Å². The molecule has 0 spiro atoms. The summed E-state index contributed by atoms with van der Waals surface area (Å²) >= 11 is 0. The van der Waals surface area contributed by atoms with Gasteiger partial charge in [0.1, 0.15) is 0 Å². The summed E-state index contributed by atoms with van der Waals surface area (Å²) in [5.74, 6) is 0. The van der Waals surface area contributed by atoms with Gasteiger partial charge in [-0.1, -0.05) is 0 Å². The maximum atomic E-state index is 5.55. The normalized spacial score (nSPS) is 45.4. The van der Waals surface area contributed by atoms with E-state index in [1.165, 1.54) is 38.5 Å². The molecule has 4 fully saturated rings. The van der Waals surface area contributed by atoms with Crippen LogP contribution in [-0.2, 0) is 9.47 Å². The van der Waals surface area contributed by atoms with E-state index in [4.69, 9.17) is 9.47 Å². The highest BCUT2D eigenvalue weighted by Gasteiger charge is 2.43. The predicted molar refractivity (Wildman–Crippen MR) is 113 cm³/mol. The van der Waals surface area contributed by atoms with Crippen molar-refractivity contribution in [2.24, 2.45) is 0 Å². The molecule has 0 unspecified atom stereocenters. The summed E-state index contributed by atoms with van der Waals surface area (Å²) in [4.78, 5) is 5.67. The van der Waals surface area contributed by atoms with E-state index >= 15 is 0 Å². The number of hydrogen-bond donors (Lipinski definition) is 2. The second-order valence-corrected chi connectivity index (χ2v) is 9.76. The molecule has 6 heteroatoms. The minimum absolute atomic E-state index is 0.485. The molecular weight excluding hydrogens is 352 g/mol. The van der Waals surface area contributed by atoms with Crippen molar-refractivity contribution in [3.63, 3.8) is 0 Å². The van der Waals surface area contributed by atoms with Crippen molar-refractivity contribution >= 4 is 0 Å². The second kappa shape index (κ2) is 9.27. The largest absolute Gasteiger partial charge is 0.381 e. The van der Waals surface area contributed by atoms with E-state index in [0.717, 1.165) is 38.3 Å². The molecule has 0 aromatic heterocycles. The van der Waals surface area contributed by atoms with Gasteiger partial charge in [-0.3, -0.25) is 9.80 Å². The van der Waals surface area contributed by atoms with Crippen molar-refractivity contribution in [3.05, 3.63) is 0 Å². The molecule has 0 aromatic rings. The Kier molecular flexibility index (Phi) is 6.96. The molecule has 0 bridgehead atoms. The van der Waals surface area contributed by atoms with Gasteiger partial charge in [0.05, 0.1) is 12.2 Å². The maximum absolute atomic E-state index is 5.55. The average molecular weight is 395 g/mol. The molecule has 0 radical (unpaired) electrons. The number of ether oxygens (including phenoxy) is 2. The number of nitrogens with one attached hydrogen (secondary N) is 2. The smallest absolute Gasteiger partial charge is 0.0601 e. The SMILES string of the molecule is COC1CC(N2[C@H](CC[C@H]3CNC[C@H](C)N3C3CC(OC)C3)CNC[C@H]2C)C1. The van der Waals surface area contributed by atoms with Gasteiger partial charge in [0.2, 0.25) is 0 Å². The average Bonchev–Trinajstić information content (AvgIpc) is 2.61. The van der Waals surface area contributed by atoms with E-state index in [9.17, 15) is 0 Å². The van der Waals surface area contributed by atoms with Gasteiger partial charge in [-0.15, -0.1) is 0 Å². The molecule has 2 saturated carbocycles. The molecule has 2 heterocycles. The molecule has 2 saturated heterocycles. The molecule has 2 N–H and O–H groups in total. The quantitative estimate of drug-likeness (QED) is 0.682. The van der Waals surface area contributed by atoms with Gasteiger partial charge in [-0.2, -0.15) is 0 Å². The Morgan fingerprint density at radius 1 is 0.679 bits per heavy atom. The Hall–Kier alpha value is -0.240. The Morgan fingerprint density at radius 3 is 1.43 bits per heavy atom. The molecule has 0 amide bonds. The van der Waals surface area contributed by atoms with Crippen LogP contribution in [0.4, 0.5) is 0 Å². The molecular formula is C22H42N4O2. The monoisotopic (exact) mass is 394 g/mol. The number of rotatable bonds is 7. The van der Waals surface area contributed by atoms with E-state index < -0.39 is 0 Å². The Labute approximate surface area is 171 Å². The lowest BCUT2D eigenvalue weighted by Gasteiger charge is -2.53. The molecule has 0 aromatic carbocycles. The van der Waals surface area contributed by atoms with Crippen molar-refractivity contribution in [1.82, 2.24) is 20.4 Å². The lowest BCUT2D eigenvalue weighted by atomic mass is 9.83. The third-order valence-corrected chi connectivity index (χ3v) is 7.98. The number of nitrogens with zero attached hydrogens (tertiary/aromatic N) is 2. The topological polar surface area (TPSA) is 49.0 Å². The summed E-state index contributed by atoms with van der Waals surface area (Å²) in [5, 5.41) is 7.38. The Bertz CT molecular complexity index is 451. The van der Waals surface area contributed by atoms with Crippen LogP contribution < -0.4 is 10.6 Å². The fourth-order valence-electron chi connectivity index (χ4n) is 6.21. The number of piperazine rings is 2. The van der Waals surface area contributed by atoms with Gasteiger partial charge in [-0.25, -0.2) is 0 Å². The van der Waals surface area contributed by atoms with Gasteiger partial charge >= 0.3 is 0 Å². The van der Waals surface area contributed by atoms with Crippen molar-refractivity contribution in [3.8, 4) is 0 Å². The molecule has 6 nitrogen and oxygen atoms in total. The Morgan fingerprint density at radius 2 is 1.07 bits per heavy atom. The van der Waals surface area contributed by atoms with Crippen molar-refractivity contribution in [2.75, 3.05) is 40.4 Å². The minimum atomic E-state index is 0.485. The van der Waals surface area contributed by atoms with Crippen LogP contribution in [0, 0.1) is 0 Å². The van der Waals surface area contributed by atoms with Gasteiger partial charge < -0.3 is 20.1 Å².